The third-order valence-corrected chi connectivity index (χ3v) is 2.77. The summed E-state index contributed by atoms with van der Waals surface area (Å²) in [5.74, 6) is 0. The maximum atomic E-state index is 8.77. The van der Waals surface area contributed by atoms with E-state index in [9.17, 15) is 0 Å². The molecule has 2 N–H and O–H groups in total. The van der Waals surface area contributed by atoms with E-state index < -0.39 is 0 Å². The van der Waals surface area contributed by atoms with Crippen LogP contribution in [-0.2, 0) is 0 Å². The minimum absolute atomic E-state index is 0.164. The van der Waals surface area contributed by atoms with Gasteiger partial charge in [0, 0.05) is 31.0 Å². The van der Waals surface area contributed by atoms with Crippen molar-refractivity contribution in [2.45, 2.75) is 20.8 Å². The van der Waals surface area contributed by atoms with Crippen LogP contribution in [0.3, 0.4) is 0 Å². The van der Waals surface area contributed by atoms with Gasteiger partial charge in [0.15, 0.2) is 0 Å². The van der Waals surface area contributed by atoms with Crippen molar-refractivity contribution in [2.24, 2.45) is 0 Å². The lowest BCUT2D eigenvalue weighted by Gasteiger charge is -2.22. The molecule has 16 heavy (non-hydrogen) atoms. The first-order chi connectivity index (χ1) is 7.72. The molecule has 0 amide bonds. The molecule has 0 heterocycles. The normalized spacial score (nSPS) is 10.2. The van der Waals surface area contributed by atoms with Crippen molar-refractivity contribution < 1.29 is 5.11 Å². The maximum absolute atomic E-state index is 8.77. The third-order valence-electron chi connectivity index (χ3n) is 2.77. The number of hydrogen-bond donors (Lipinski definition) is 2. The quantitative estimate of drug-likeness (QED) is 0.775. The molecule has 1 aromatic rings. The second-order valence-corrected chi connectivity index (χ2v) is 3.82. The fourth-order valence-electron chi connectivity index (χ4n) is 1.82. The van der Waals surface area contributed by atoms with Gasteiger partial charge in [0.1, 0.15) is 0 Å². The molecule has 0 fully saturated rings. The lowest BCUT2D eigenvalue weighted by atomic mass is 10.1. The Labute approximate surface area is 98.1 Å². The first-order valence-electron chi connectivity index (χ1n) is 5.93. The summed E-state index contributed by atoms with van der Waals surface area (Å²) in [6.07, 6.45) is 0. The number of hydrogen-bond acceptors (Lipinski definition) is 3. The van der Waals surface area contributed by atoms with E-state index in [2.05, 4.69) is 49.2 Å². The molecular weight excluding hydrogens is 200 g/mol. The third kappa shape index (κ3) is 3.14. The van der Waals surface area contributed by atoms with E-state index in [-0.39, 0.29) is 6.61 Å². The van der Waals surface area contributed by atoms with Crippen LogP contribution in [-0.4, -0.2) is 31.3 Å². The van der Waals surface area contributed by atoms with Gasteiger partial charge in [-0.3, -0.25) is 0 Å². The molecule has 0 saturated heterocycles. The predicted molar refractivity (Wildman–Crippen MR) is 70.3 cm³/mol. The fraction of sp³-hybridized carbons (Fsp3) is 0.538. The van der Waals surface area contributed by atoms with E-state index >= 15 is 0 Å². The number of nitrogens with zero attached hydrogens (tertiary/aromatic N) is 1. The van der Waals surface area contributed by atoms with Crippen LogP contribution in [0.1, 0.15) is 19.4 Å². The zero-order chi connectivity index (χ0) is 12.0. The summed E-state index contributed by atoms with van der Waals surface area (Å²) in [4.78, 5) is 2.32. The molecule has 0 radical (unpaired) electrons. The van der Waals surface area contributed by atoms with E-state index in [0.717, 1.165) is 18.8 Å². The highest BCUT2D eigenvalue weighted by molar-refractivity contribution is 5.60. The van der Waals surface area contributed by atoms with Crippen LogP contribution >= 0.6 is 0 Å². The van der Waals surface area contributed by atoms with Crippen molar-refractivity contribution in [3.05, 3.63) is 23.8 Å². The Morgan fingerprint density at radius 2 is 1.94 bits per heavy atom. The number of aliphatic hydroxyl groups excluding tert-OH is 1. The van der Waals surface area contributed by atoms with E-state index in [1.54, 1.807) is 0 Å². The highest BCUT2D eigenvalue weighted by Gasteiger charge is 2.04. The average molecular weight is 222 g/mol. The Hall–Kier alpha value is -1.22. The molecule has 0 aliphatic carbocycles. The second-order valence-electron chi connectivity index (χ2n) is 3.82. The maximum Gasteiger partial charge on any atom is 0.0604 e. The Bertz CT molecular complexity index is 322. The summed E-state index contributed by atoms with van der Waals surface area (Å²) in [6.45, 7) is 9.24. The van der Waals surface area contributed by atoms with E-state index in [0.29, 0.717) is 6.54 Å². The molecule has 1 rings (SSSR count). The van der Waals surface area contributed by atoms with Gasteiger partial charge in [0.05, 0.1) is 6.61 Å². The van der Waals surface area contributed by atoms with Gasteiger partial charge in [0.2, 0.25) is 0 Å². The molecule has 3 heteroatoms. The molecule has 0 spiro atoms. The van der Waals surface area contributed by atoms with Crippen molar-refractivity contribution >= 4 is 11.4 Å². The minimum atomic E-state index is 0.164. The van der Waals surface area contributed by atoms with Gasteiger partial charge >= 0.3 is 0 Å². The molecule has 0 unspecified atom stereocenters. The molecule has 3 nitrogen and oxygen atoms in total. The lowest BCUT2D eigenvalue weighted by molar-refractivity contribution is 0.311. The smallest absolute Gasteiger partial charge is 0.0604 e. The second kappa shape index (κ2) is 6.38. The highest BCUT2D eigenvalue weighted by atomic mass is 16.3. The highest BCUT2D eigenvalue weighted by Crippen LogP contribution is 2.22. The number of aryl methyl sites for hydroxylation is 1. The largest absolute Gasteiger partial charge is 0.395 e. The molecule has 0 saturated carbocycles. The summed E-state index contributed by atoms with van der Waals surface area (Å²) in [6, 6.07) is 6.39. The summed E-state index contributed by atoms with van der Waals surface area (Å²) in [5, 5.41) is 12.0. The Morgan fingerprint density at radius 1 is 1.25 bits per heavy atom. The van der Waals surface area contributed by atoms with Crippen LogP contribution in [0, 0.1) is 6.92 Å². The Morgan fingerprint density at radius 3 is 2.44 bits per heavy atom. The van der Waals surface area contributed by atoms with E-state index in [1.165, 1.54) is 11.3 Å². The van der Waals surface area contributed by atoms with Gasteiger partial charge < -0.3 is 15.3 Å². The van der Waals surface area contributed by atoms with Gasteiger partial charge in [0.25, 0.3) is 0 Å². The molecule has 0 aliphatic rings. The summed E-state index contributed by atoms with van der Waals surface area (Å²) in [7, 11) is 0. The number of rotatable bonds is 6. The Kier molecular flexibility index (Phi) is 5.12. The van der Waals surface area contributed by atoms with E-state index in [1.807, 2.05) is 0 Å². The topological polar surface area (TPSA) is 35.5 Å². The zero-order valence-electron chi connectivity index (χ0n) is 10.5. The van der Waals surface area contributed by atoms with Gasteiger partial charge in [-0.15, -0.1) is 0 Å². The summed E-state index contributed by atoms with van der Waals surface area (Å²) < 4.78 is 0. The molecule has 1 aromatic carbocycles. The van der Waals surface area contributed by atoms with Crippen molar-refractivity contribution in [2.75, 3.05) is 36.5 Å². The number of benzene rings is 1. The van der Waals surface area contributed by atoms with Crippen molar-refractivity contribution in [3.63, 3.8) is 0 Å². The monoisotopic (exact) mass is 222 g/mol. The predicted octanol–water partition coefficient (Wildman–Crippen LogP) is 2.25. The van der Waals surface area contributed by atoms with Crippen LogP contribution in [0.4, 0.5) is 11.4 Å². The van der Waals surface area contributed by atoms with Crippen LogP contribution in [0.5, 0.6) is 0 Å². The fourth-order valence-corrected chi connectivity index (χ4v) is 1.82. The molecule has 0 aliphatic heterocycles. The number of nitrogens with one attached hydrogen (secondary N) is 1. The molecule has 0 aromatic heterocycles. The average Bonchev–Trinajstić information content (AvgIpc) is 2.29. The molecule has 0 atom stereocenters. The SMILES string of the molecule is CCN(CC)c1ccc(NCCO)c(C)c1. The van der Waals surface area contributed by atoms with Gasteiger partial charge in [-0.2, -0.15) is 0 Å². The lowest BCUT2D eigenvalue weighted by Crippen LogP contribution is -2.21. The van der Waals surface area contributed by atoms with Crippen LogP contribution < -0.4 is 10.2 Å². The number of aliphatic hydroxyl groups is 1. The van der Waals surface area contributed by atoms with Crippen molar-refractivity contribution in [1.29, 1.82) is 0 Å². The summed E-state index contributed by atoms with van der Waals surface area (Å²) in [5.41, 5.74) is 3.58. The zero-order valence-corrected chi connectivity index (χ0v) is 10.5. The van der Waals surface area contributed by atoms with Gasteiger partial charge in [-0.05, 0) is 44.5 Å². The first-order valence-corrected chi connectivity index (χ1v) is 5.93. The minimum Gasteiger partial charge on any atom is -0.395 e. The molecular formula is C13H22N2O. The summed E-state index contributed by atoms with van der Waals surface area (Å²) >= 11 is 0. The van der Waals surface area contributed by atoms with Crippen LogP contribution in [0.25, 0.3) is 0 Å². The van der Waals surface area contributed by atoms with Gasteiger partial charge in [-0.1, -0.05) is 0 Å². The molecule has 90 valence electrons. The van der Waals surface area contributed by atoms with Crippen LogP contribution in [0.2, 0.25) is 0 Å². The van der Waals surface area contributed by atoms with Crippen molar-refractivity contribution in [3.8, 4) is 0 Å². The van der Waals surface area contributed by atoms with E-state index in [4.69, 9.17) is 5.11 Å². The number of anilines is 2. The Balaban J connectivity index is 2.81. The van der Waals surface area contributed by atoms with Crippen LogP contribution in [0.15, 0.2) is 18.2 Å². The van der Waals surface area contributed by atoms with Crippen molar-refractivity contribution in [1.82, 2.24) is 0 Å². The van der Waals surface area contributed by atoms with Gasteiger partial charge in [-0.25, -0.2) is 0 Å². The first kappa shape index (κ1) is 12.8. The molecule has 0 bridgehead atoms. The standard InChI is InChI=1S/C13H22N2O/c1-4-15(5-2)12-6-7-13(11(3)10-12)14-8-9-16/h6-7,10,14,16H,4-5,8-9H2,1-3H3.